The summed E-state index contributed by atoms with van der Waals surface area (Å²) in [5.41, 5.74) is 0.929. The van der Waals surface area contributed by atoms with Gasteiger partial charge in [-0.25, -0.2) is 4.98 Å². The van der Waals surface area contributed by atoms with Gasteiger partial charge in [0, 0.05) is 4.90 Å². The average Bonchev–Trinajstić information content (AvgIpc) is 2.36. The summed E-state index contributed by atoms with van der Waals surface area (Å²) >= 11 is 19.4. The van der Waals surface area contributed by atoms with E-state index in [4.69, 9.17) is 34.8 Å². The second kappa shape index (κ2) is 6.02. The van der Waals surface area contributed by atoms with E-state index in [9.17, 15) is 0 Å². The van der Waals surface area contributed by atoms with E-state index in [1.807, 2.05) is 30.5 Å². The molecule has 94 valence electrons. The molecule has 2 aromatic rings. The lowest BCUT2D eigenvalue weighted by molar-refractivity contribution is 1.29. The highest BCUT2D eigenvalue weighted by atomic mass is 35.5. The summed E-state index contributed by atoms with van der Waals surface area (Å²) in [6.07, 6.45) is 2.00. The number of rotatable bonds is 3. The van der Waals surface area contributed by atoms with Crippen LogP contribution in [0, 0.1) is 0 Å². The van der Waals surface area contributed by atoms with Crippen molar-refractivity contribution in [2.45, 2.75) is 4.90 Å². The van der Waals surface area contributed by atoms with E-state index < -0.39 is 0 Å². The van der Waals surface area contributed by atoms with Crippen LogP contribution in [0.4, 0.5) is 11.5 Å². The van der Waals surface area contributed by atoms with Crippen LogP contribution in [0.1, 0.15) is 0 Å². The molecule has 2 rings (SSSR count). The molecule has 0 aliphatic rings. The highest BCUT2D eigenvalue weighted by molar-refractivity contribution is 7.98. The zero-order valence-electron chi connectivity index (χ0n) is 9.38. The van der Waals surface area contributed by atoms with Crippen molar-refractivity contribution in [2.24, 2.45) is 0 Å². The number of thioether (sulfide) groups is 1. The number of halogens is 3. The van der Waals surface area contributed by atoms with E-state index in [1.165, 1.54) is 0 Å². The molecule has 1 aromatic carbocycles. The summed E-state index contributed by atoms with van der Waals surface area (Å²) in [4.78, 5) is 5.22. The normalized spacial score (nSPS) is 10.4. The summed E-state index contributed by atoms with van der Waals surface area (Å²) in [5, 5.41) is 4.15. The molecule has 0 saturated carbocycles. The van der Waals surface area contributed by atoms with Gasteiger partial charge in [0.05, 0.1) is 15.7 Å². The van der Waals surface area contributed by atoms with Gasteiger partial charge >= 0.3 is 0 Å². The lowest BCUT2D eigenvalue weighted by Crippen LogP contribution is -1.96. The summed E-state index contributed by atoms with van der Waals surface area (Å²) in [6, 6.07) is 9.45. The number of hydrogen-bond acceptors (Lipinski definition) is 3. The van der Waals surface area contributed by atoms with Crippen molar-refractivity contribution < 1.29 is 0 Å². The Kier molecular flexibility index (Phi) is 4.62. The van der Waals surface area contributed by atoms with Gasteiger partial charge < -0.3 is 5.32 Å². The van der Waals surface area contributed by atoms with Crippen LogP contribution in [0.3, 0.4) is 0 Å². The smallest absolute Gasteiger partial charge is 0.151 e. The Morgan fingerprint density at radius 2 is 1.83 bits per heavy atom. The Morgan fingerprint density at radius 3 is 2.56 bits per heavy atom. The third-order valence-corrected chi connectivity index (χ3v) is 4.00. The van der Waals surface area contributed by atoms with Crippen LogP contribution in [-0.2, 0) is 0 Å². The van der Waals surface area contributed by atoms with Crippen LogP contribution in [0.15, 0.2) is 35.2 Å². The van der Waals surface area contributed by atoms with Crippen molar-refractivity contribution in [2.75, 3.05) is 11.6 Å². The van der Waals surface area contributed by atoms with Crippen molar-refractivity contribution in [1.29, 1.82) is 0 Å². The van der Waals surface area contributed by atoms with Crippen molar-refractivity contribution >= 4 is 58.1 Å². The maximum Gasteiger partial charge on any atom is 0.151 e. The van der Waals surface area contributed by atoms with Gasteiger partial charge in [-0.1, -0.05) is 46.9 Å². The van der Waals surface area contributed by atoms with Crippen molar-refractivity contribution in [3.8, 4) is 0 Å². The van der Waals surface area contributed by atoms with E-state index in [2.05, 4.69) is 10.3 Å². The van der Waals surface area contributed by atoms with E-state index in [1.54, 1.807) is 17.8 Å². The third-order valence-electron chi connectivity index (χ3n) is 2.25. The molecule has 6 heteroatoms. The number of nitrogens with one attached hydrogen (secondary N) is 1. The Hall–Kier alpha value is -0.610. The van der Waals surface area contributed by atoms with Gasteiger partial charge in [-0.2, -0.15) is 0 Å². The average molecular weight is 320 g/mol. The number of para-hydroxylation sites is 1. The van der Waals surface area contributed by atoms with Crippen LogP contribution < -0.4 is 5.32 Å². The second-order valence-electron chi connectivity index (χ2n) is 3.42. The van der Waals surface area contributed by atoms with Gasteiger partial charge in [0.1, 0.15) is 5.15 Å². The zero-order chi connectivity index (χ0) is 13.1. The molecular weight excluding hydrogens is 311 g/mol. The SMILES string of the molecule is CSc1ccccc1Nc1nc(Cl)c(Cl)cc1Cl. The number of aromatic nitrogens is 1. The predicted molar refractivity (Wildman–Crippen MR) is 80.8 cm³/mol. The molecule has 1 aromatic heterocycles. The van der Waals surface area contributed by atoms with Crippen LogP contribution in [0.25, 0.3) is 0 Å². The molecule has 0 aliphatic heterocycles. The minimum absolute atomic E-state index is 0.227. The first-order chi connectivity index (χ1) is 8.61. The maximum absolute atomic E-state index is 6.07. The number of benzene rings is 1. The van der Waals surface area contributed by atoms with Crippen molar-refractivity contribution in [3.63, 3.8) is 0 Å². The van der Waals surface area contributed by atoms with Gasteiger partial charge in [-0.05, 0) is 24.5 Å². The Bertz CT molecular complexity index is 575. The molecule has 0 saturated heterocycles. The van der Waals surface area contributed by atoms with Gasteiger partial charge in [-0.3, -0.25) is 0 Å². The molecule has 0 amide bonds. The summed E-state index contributed by atoms with van der Waals surface area (Å²) in [6.45, 7) is 0. The molecule has 1 heterocycles. The van der Waals surface area contributed by atoms with Gasteiger partial charge in [0.15, 0.2) is 5.82 Å². The standard InChI is InChI=1S/C12H9Cl3N2S/c1-18-10-5-3-2-4-9(10)16-12-8(14)6-7(13)11(15)17-12/h2-6H,1H3,(H,16,17). The highest BCUT2D eigenvalue weighted by Gasteiger charge is 2.09. The quantitative estimate of drug-likeness (QED) is 0.596. The van der Waals surface area contributed by atoms with Crippen LogP contribution in [0.2, 0.25) is 15.2 Å². The van der Waals surface area contributed by atoms with E-state index in [0.717, 1.165) is 10.6 Å². The maximum atomic E-state index is 6.07. The molecule has 0 spiro atoms. The van der Waals surface area contributed by atoms with Crippen LogP contribution in [0.5, 0.6) is 0 Å². The van der Waals surface area contributed by atoms with E-state index in [0.29, 0.717) is 15.9 Å². The van der Waals surface area contributed by atoms with E-state index in [-0.39, 0.29) is 5.15 Å². The third kappa shape index (κ3) is 3.04. The molecule has 1 N–H and O–H groups in total. The Labute approximate surface area is 125 Å². The van der Waals surface area contributed by atoms with Gasteiger partial charge in [0.25, 0.3) is 0 Å². The first-order valence-electron chi connectivity index (χ1n) is 5.03. The summed E-state index contributed by atoms with van der Waals surface area (Å²) < 4.78 is 0. The Morgan fingerprint density at radius 1 is 1.11 bits per heavy atom. The molecule has 0 aliphatic carbocycles. The van der Waals surface area contributed by atoms with Gasteiger partial charge in [0.2, 0.25) is 0 Å². The number of anilines is 2. The monoisotopic (exact) mass is 318 g/mol. The highest BCUT2D eigenvalue weighted by Crippen LogP contribution is 2.33. The number of nitrogens with zero attached hydrogens (tertiary/aromatic N) is 1. The fourth-order valence-electron chi connectivity index (χ4n) is 1.41. The first kappa shape index (κ1) is 13.8. The lowest BCUT2D eigenvalue weighted by Gasteiger charge is -2.11. The molecule has 0 atom stereocenters. The van der Waals surface area contributed by atoms with Crippen LogP contribution >= 0.6 is 46.6 Å². The zero-order valence-corrected chi connectivity index (χ0v) is 12.5. The fourth-order valence-corrected chi connectivity index (χ4v) is 2.51. The minimum Gasteiger partial charge on any atom is -0.338 e. The predicted octanol–water partition coefficient (Wildman–Crippen LogP) is 5.51. The summed E-state index contributed by atoms with van der Waals surface area (Å²) in [5.74, 6) is 0.493. The Balaban J connectivity index is 2.37. The lowest BCUT2D eigenvalue weighted by atomic mass is 10.3. The summed E-state index contributed by atoms with van der Waals surface area (Å²) in [7, 11) is 0. The fraction of sp³-hybridized carbons (Fsp3) is 0.0833. The molecule has 0 radical (unpaired) electrons. The first-order valence-corrected chi connectivity index (χ1v) is 7.39. The number of pyridine rings is 1. The van der Waals surface area contributed by atoms with Crippen molar-refractivity contribution in [1.82, 2.24) is 4.98 Å². The topological polar surface area (TPSA) is 24.9 Å². The van der Waals surface area contributed by atoms with Crippen molar-refractivity contribution in [3.05, 3.63) is 45.5 Å². The second-order valence-corrected chi connectivity index (χ2v) is 5.44. The molecular formula is C12H9Cl3N2S. The molecule has 0 fully saturated rings. The largest absolute Gasteiger partial charge is 0.338 e. The molecule has 18 heavy (non-hydrogen) atoms. The minimum atomic E-state index is 0.227. The van der Waals surface area contributed by atoms with Crippen LogP contribution in [-0.4, -0.2) is 11.2 Å². The van der Waals surface area contributed by atoms with E-state index >= 15 is 0 Å². The molecule has 0 unspecified atom stereocenters. The number of hydrogen-bond donors (Lipinski definition) is 1. The molecule has 2 nitrogen and oxygen atoms in total. The molecule has 0 bridgehead atoms. The van der Waals surface area contributed by atoms with Gasteiger partial charge in [-0.15, -0.1) is 11.8 Å².